The number of rotatable bonds is 6. The van der Waals surface area contributed by atoms with Crippen LogP contribution in [0.5, 0.6) is 0 Å². The minimum absolute atomic E-state index is 0. The van der Waals surface area contributed by atoms with Gasteiger partial charge in [0.15, 0.2) is 5.96 Å². The second-order valence-electron chi connectivity index (χ2n) is 7.72. The third-order valence-corrected chi connectivity index (χ3v) is 3.52. The van der Waals surface area contributed by atoms with Crippen LogP contribution in [0.4, 0.5) is 4.39 Å². The van der Waals surface area contributed by atoms with Crippen LogP contribution in [-0.4, -0.2) is 61.9 Å². The summed E-state index contributed by atoms with van der Waals surface area (Å²) in [5, 5.41) is 6.14. The molecule has 0 aromatic heterocycles. The maximum atomic E-state index is 13.9. The van der Waals surface area contributed by atoms with E-state index in [0.717, 1.165) is 5.56 Å². The molecule has 154 valence electrons. The summed E-state index contributed by atoms with van der Waals surface area (Å²) in [4.78, 5) is 20.0. The summed E-state index contributed by atoms with van der Waals surface area (Å²) in [6.07, 6.45) is 0. The SMILES string of the molecule is CN=C(NCc1ccc(F)c(CN(C)C)c1)N(C)CC(=O)NC(C)(C)C.I. The number of hydrogen-bond acceptors (Lipinski definition) is 3. The van der Waals surface area contributed by atoms with Gasteiger partial charge in [-0.1, -0.05) is 6.07 Å². The van der Waals surface area contributed by atoms with Crippen molar-refractivity contribution >= 4 is 35.8 Å². The number of hydrogen-bond donors (Lipinski definition) is 2. The lowest BCUT2D eigenvalue weighted by atomic mass is 10.1. The van der Waals surface area contributed by atoms with Crippen LogP contribution >= 0.6 is 24.0 Å². The summed E-state index contributed by atoms with van der Waals surface area (Å²) in [7, 11) is 7.29. The van der Waals surface area contributed by atoms with Crippen molar-refractivity contribution in [2.45, 2.75) is 39.4 Å². The number of nitrogens with one attached hydrogen (secondary N) is 2. The number of carbonyl (C=O) groups excluding carboxylic acids is 1. The van der Waals surface area contributed by atoms with E-state index in [0.29, 0.717) is 24.6 Å². The van der Waals surface area contributed by atoms with Gasteiger partial charge in [-0.2, -0.15) is 0 Å². The molecule has 1 aromatic rings. The lowest BCUT2D eigenvalue weighted by Crippen LogP contribution is -2.48. The smallest absolute Gasteiger partial charge is 0.240 e. The van der Waals surface area contributed by atoms with E-state index in [9.17, 15) is 9.18 Å². The minimum atomic E-state index is -0.272. The van der Waals surface area contributed by atoms with Crippen LogP contribution in [0.3, 0.4) is 0 Å². The molecule has 0 radical (unpaired) electrons. The second-order valence-corrected chi connectivity index (χ2v) is 7.72. The zero-order chi connectivity index (χ0) is 19.9. The molecule has 0 fully saturated rings. The summed E-state index contributed by atoms with van der Waals surface area (Å²) < 4.78 is 13.9. The van der Waals surface area contributed by atoms with Crippen LogP contribution in [-0.2, 0) is 17.9 Å². The van der Waals surface area contributed by atoms with E-state index in [1.165, 1.54) is 6.07 Å². The van der Waals surface area contributed by atoms with Crippen molar-refractivity contribution in [2.24, 2.45) is 4.99 Å². The highest BCUT2D eigenvalue weighted by molar-refractivity contribution is 14.0. The van der Waals surface area contributed by atoms with Crippen molar-refractivity contribution in [2.75, 3.05) is 34.7 Å². The predicted octanol–water partition coefficient (Wildman–Crippen LogP) is 2.43. The quantitative estimate of drug-likeness (QED) is 0.363. The van der Waals surface area contributed by atoms with Crippen LogP contribution in [0.1, 0.15) is 31.9 Å². The van der Waals surface area contributed by atoms with E-state index in [2.05, 4.69) is 15.6 Å². The standard InChI is InChI=1S/C19H32FN5O.HI/c1-19(2,3)23-17(26)13-25(7)18(21-4)22-11-14-8-9-16(20)15(10-14)12-24(5)6;/h8-10H,11-13H2,1-7H3,(H,21,22)(H,23,26);1H. The molecule has 0 aliphatic heterocycles. The summed E-state index contributed by atoms with van der Waals surface area (Å²) in [6.45, 7) is 7.07. The number of halogens is 2. The number of guanidine groups is 1. The van der Waals surface area contributed by atoms with Gasteiger partial charge in [-0.3, -0.25) is 9.79 Å². The first kappa shape index (κ1) is 25.6. The Balaban J connectivity index is 0.00000676. The maximum absolute atomic E-state index is 13.9. The average molecular weight is 493 g/mol. The van der Waals surface area contributed by atoms with Gasteiger partial charge in [-0.05, 0) is 52.6 Å². The fourth-order valence-electron chi connectivity index (χ4n) is 2.51. The van der Waals surface area contributed by atoms with Crippen LogP contribution < -0.4 is 10.6 Å². The highest BCUT2D eigenvalue weighted by Gasteiger charge is 2.16. The molecule has 1 rings (SSSR count). The molecule has 1 aromatic carbocycles. The van der Waals surface area contributed by atoms with Crippen molar-refractivity contribution in [3.63, 3.8) is 0 Å². The Bertz CT molecular complexity index is 643. The molecule has 0 aliphatic rings. The molecule has 0 atom stereocenters. The number of aliphatic imine (C=N–C) groups is 1. The van der Waals surface area contributed by atoms with Gasteiger partial charge in [-0.25, -0.2) is 4.39 Å². The fraction of sp³-hybridized carbons (Fsp3) is 0.579. The molecule has 0 heterocycles. The lowest BCUT2D eigenvalue weighted by molar-refractivity contribution is -0.122. The van der Waals surface area contributed by atoms with Crippen LogP contribution in [0.15, 0.2) is 23.2 Å². The number of nitrogens with zero attached hydrogens (tertiary/aromatic N) is 3. The number of carbonyl (C=O) groups is 1. The largest absolute Gasteiger partial charge is 0.352 e. The Kier molecular flexibility index (Phi) is 10.8. The van der Waals surface area contributed by atoms with Crippen molar-refractivity contribution in [1.29, 1.82) is 0 Å². The third kappa shape index (κ3) is 9.90. The topological polar surface area (TPSA) is 60.0 Å². The predicted molar refractivity (Wildman–Crippen MR) is 120 cm³/mol. The molecule has 0 bridgehead atoms. The lowest BCUT2D eigenvalue weighted by Gasteiger charge is -2.25. The molecule has 1 amide bonds. The van der Waals surface area contributed by atoms with E-state index < -0.39 is 0 Å². The third-order valence-electron chi connectivity index (χ3n) is 3.52. The minimum Gasteiger partial charge on any atom is -0.352 e. The molecule has 0 saturated heterocycles. The van der Waals surface area contributed by atoms with Gasteiger partial charge >= 0.3 is 0 Å². The zero-order valence-corrected chi connectivity index (χ0v) is 19.7. The Morgan fingerprint density at radius 3 is 2.37 bits per heavy atom. The molecule has 8 heteroatoms. The molecule has 0 aliphatic carbocycles. The van der Waals surface area contributed by atoms with E-state index >= 15 is 0 Å². The van der Waals surface area contributed by atoms with E-state index in [-0.39, 0.29) is 47.8 Å². The molecular weight excluding hydrogens is 460 g/mol. The molecule has 0 unspecified atom stereocenters. The van der Waals surface area contributed by atoms with Gasteiger partial charge in [0.25, 0.3) is 0 Å². The fourth-order valence-corrected chi connectivity index (χ4v) is 2.51. The Labute approximate surface area is 179 Å². The van der Waals surface area contributed by atoms with Gasteiger partial charge in [-0.15, -0.1) is 24.0 Å². The monoisotopic (exact) mass is 493 g/mol. The Morgan fingerprint density at radius 2 is 1.85 bits per heavy atom. The molecule has 0 saturated carbocycles. The summed E-state index contributed by atoms with van der Waals surface area (Å²) in [6, 6.07) is 5.09. The van der Waals surface area contributed by atoms with Crippen molar-refractivity contribution in [1.82, 2.24) is 20.4 Å². The van der Waals surface area contributed by atoms with Gasteiger partial charge in [0, 0.05) is 38.3 Å². The van der Waals surface area contributed by atoms with Crippen LogP contribution in [0.2, 0.25) is 0 Å². The molecular formula is C19H33FIN5O. The van der Waals surface area contributed by atoms with Gasteiger partial charge in [0.1, 0.15) is 5.82 Å². The summed E-state index contributed by atoms with van der Waals surface area (Å²) in [5.41, 5.74) is 1.34. The molecule has 27 heavy (non-hydrogen) atoms. The normalized spacial score (nSPS) is 11.8. The average Bonchev–Trinajstić information content (AvgIpc) is 2.48. The first-order valence-corrected chi connectivity index (χ1v) is 8.66. The highest BCUT2D eigenvalue weighted by atomic mass is 127. The van der Waals surface area contributed by atoms with Crippen molar-refractivity contribution < 1.29 is 9.18 Å². The van der Waals surface area contributed by atoms with E-state index in [1.54, 1.807) is 25.1 Å². The molecule has 6 nitrogen and oxygen atoms in total. The van der Waals surface area contributed by atoms with Crippen LogP contribution in [0.25, 0.3) is 0 Å². The molecule has 0 spiro atoms. The van der Waals surface area contributed by atoms with E-state index in [4.69, 9.17) is 0 Å². The second kappa shape index (κ2) is 11.4. The molecule has 2 N–H and O–H groups in total. The number of amides is 1. The van der Waals surface area contributed by atoms with Gasteiger partial charge < -0.3 is 20.4 Å². The Hall–Kier alpha value is -1.42. The summed E-state index contributed by atoms with van der Waals surface area (Å²) >= 11 is 0. The zero-order valence-electron chi connectivity index (χ0n) is 17.4. The Morgan fingerprint density at radius 1 is 1.22 bits per heavy atom. The first-order chi connectivity index (χ1) is 12.0. The van der Waals surface area contributed by atoms with E-state index in [1.807, 2.05) is 45.8 Å². The summed E-state index contributed by atoms with van der Waals surface area (Å²) in [5.74, 6) is 0.327. The van der Waals surface area contributed by atoms with Crippen molar-refractivity contribution in [3.05, 3.63) is 35.1 Å². The first-order valence-electron chi connectivity index (χ1n) is 8.66. The number of benzene rings is 1. The van der Waals surface area contributed by atoms with Crippen LogP contribution in [0, 0.1) is 5.82 Å². The van der Waals surface area contributed by atoms with Gasteiger partial charge in [0.05, 0.1) is 6.54 Å². The maximum Gasteiger partial charge on any atom is 0.240 e. The van der Waals surface area contributed by atoms with Gasteiger partial charge in [0.2, 0.25) is 5.91 Å². The highest BCUT2D eigenvalue weighted by Crippen LogP contribution is 2.12. The van der Waals surface area contributed by atoms with Crippen molar-refractivity contribution in [3.8, 4) is 0 Å². The number of likely N-dealkylation sites (N-methyl/N-ethyl adjacent to an activating group) is 1.